The number of benzene rings is 1. The first-order chi connectivity index (χ1) is 8.28. The molecule has 100 valence electrons. The Hall–Kier alpha value is -1.43. The highest BCUT2D eigenvalue weighted by molar-refractivity contribution is 6.31. The lowest BCUT2D eigenvalue weighted by atomic mass is 10.2. The van der Waals surface area contributed by atoms with Gasteiger partial charge in [-0.25, -0.2) is 0 Å². The van der Waals surface area contributed by atoms with Gasteiger partial charge in [0.25, 0.3) is 0 Å². The molecule has 1 aromatic carbocycles. The van der Waals surface area contributed by atoms with Crippen molar-refractivity contribution in [1.29, 1.82) is 0 Å². The molecule has 0 aliphatic heterocycles. The number of hydrogen-bond donors (Lipinski definition) is 2. The second-order valence-electron chi connectivity index (χ2n) is 3.71. The van der Waals surface area contributed by atoms with Crippen molar-refractivity contribution in [2.75, 3.05) is 18.4 Å². The molecule has 1 rings (SSSR count). The van der Waals surface area contributed by atoms with E-state index in [9.17, 15) is 18.0 Å². The topological polar surface area (TPSA) is 41.1 Å². The molecular weight excluding hydrogens is 269 g/mol. The highest BCUT2D eigenvalue weighted by Crippen LogP contribution is 2.19. The molecule has 0 atom stereocenters. The van der Waals surface area contributed by atoms with Crippen LogP contribution in [0.15, 0.2) is 18.2 Å². The molecule has 1 amide bonds. The van der Waals surface area contributed by atoms with Crippen LogP contribution in [-0.2, 0) is 4.79 Å². The van der Waals surface area contributed by atoms with Gasteiger partial charge in [0.2, 0.25) is 5.91 Å². The Morgan fingerprint density at radius 1 is 1.39 bits per heavy atom. The predicted octanol–water partition coefficient (Wildman–Crippen LogP) is 2.74. The van der Waals surface area contributed by atoms with Crippen LogP contribution in [-0.4, -0.2) is 25.2 Å². The quantitative estimate of drug-likeness (QED) is 0.890. The van der Waals surface area contributed by atoms with Crippen molar-refractivity contribution in [2.24, 2.45) is 0 Å². The van der Waals surface area contributed by atoms with E-state index in [1.165, 1.54) is 0 Å². The van der Waals surface area contributed by atoms with Crippen molar-refractivity contribution in [3.63, 3.8) is 0 Å². The first kappa shape index (κ1) is 14.6. The number of rotatable bonds is 4. The first-order valence-corrected chi connectivity index (χ1v) is 5.49. The number of nitrogens with one attached hydrogen (secondary N) is 2. The fourth-order valence-electron chi connectivity index (χ4n) is 1.15. The van der Waals surface area contributed by atoms with Crippen LogP contribution in [0.5, 0.6) is 0 Å². The third-order valence-corrected chi connectivity index (χ3v) is 2.52. The van der Waals surface area contributed by atoms with Crippen molar-refractivity contribution < 1.29 is 18.0 Å². The molecule has 0 saturated carbocycles. The molecule has 0 fully saturated rings. The second-order valence-corrected chi connectivity index (χ2v) is 4.12. The Labute approximate surface area is 107 Å². The van der Waals surface area contributed by atoms with Crippen molar-refractivity contribution >= 4 is 23.2 Å². The van der Waals surface area contributed by atoms with E-state index in [0.717, 1.165) is 5.56 Å². The van der Waals surface area contributed by atoms with Gasteiger partial charge >= 0.3 is 6.18 Å². The zero-order chi connectivity index (χ0) is 13.8. The number of aryl methyl sites for hydroxylation is 1. The normalized spacial score (nSPS) is 11.2. The third kappa shape index (κ3) is 5.27. The zero-order valence-corrected chi connectivity index (χ0v) is 10.3. The molecule has 3 nitrogen and oxygen atoms in total. The summed E-state index contributed by atoms with van der Waals surface area (Å²) in [5.74, 6) is -0.732. The number of carbonyl (C=O) groups excluding carboxylic acids is 1. The van der Waals surface area contributed by atoms with E-state index in [1.54, 1.807) is 23.5 Å². The summed E-state index contributed by atoms with van der Waals surface area (Å²) in [6.07, 6.45) is -4.40. The molecule has 2 N–H and O–H groups in total. The van der Waals surface area contributed by atoms with E-state index >= 15 is 0 Å². The minimum atomic E-state index is -4.40. The number of carbonyl (C=O) groups is 1. The molecule has 0 aliphatic rings. The first-order valence-electron chi connectivity index (χ1n) is 5.11. The maximum absolute atomic E-state index is 11.8. The Morgan fingerprint density at radius 3 is 2.61 bits per heavy atom. The van der Waals surface area contributed by atoms with Crippen molar-refractivity contribution in [3.8, 4) is 0 Å². The number of anilines is 1. The van der Waals surface area contributed by atoms with Crippen LogP contribution in [0, 0.1) is 6.92 Å². The van der Waals surface area contributed by atoms with Crippen LogP contribution < -0.4 is 10.6 Å². The van der Waals surface area contributed by atoms with Crippen LogP contribution in [0.1, 0.15) is 5.56 Å². The van der Waals surface area contributed by atoms with E-state index in [2.05, 4.69) is 5.32 Å². The largest absolute Gasteiger partial charge is 0.405 e. The summed E-state index contributed by atoms with van der Waals surface area (Å²) >= 11 is 5.86. The fourth-order valence-corrected chi connectivity index (χ4v) is 1.33. The Balaban J connectivity index is 2.40. The van der Waals surface area contributed by atoms with Crippen molar-refractivity contribution in [1.82, 2.24) is 5.32 Å². The monoisotopic (exact) mass is 280 g/mol. The molecule has 7 heteroatoms. The van der Waals surface area contributed by atoms with E-state index in [1.807, 2.05) is 6.92 Å². The molecule has 0 radical (unpaired) electrons. The van der Waals surface area contributed by atoms with Crippen LogP contribution in [0.3, 0.4) is 0 Å². The number of hydrogen-bond acceptors (Lipinski definition) is 2. The van der Waals surface area contributed by atoms with Crippen LogP contribution >= 0.6 is 11.6 Å². The molecule has 0 spiro atoms. The zero-order valence-electron chi connectivity index (χ0n) is 9.57. The van der Waals surface area contributed by atoms with E-state index in [0.29, 0.717) is 10.7 Å². The highest BCUT2D eigenvalue weighted by atomic mass is 35.5. The predicted molar refractivity (Wildman–Crippen MR) is 63.7 cm³/mol. The van der Waals surface area contributed by atoms with Gasteiger partial charge in [-0.2, -0.15) is 13.2 Å². The average molecular weight is 281 g/mol. The maximum Gasteiger partial charge on any atom is 0.405 e. The Bertz CT molecular complexity index is 435. The van der Waals surface area contributed by atoms with Gasteiger partial charge in [0.15, 0.2) is 0 Å². The summed E-state index contributed by atoms with van der Waals surface area (Å²) < 4.78 is 35.5. The maximum atomic E-state index is 11.8. The van der Waals surface area contributed by atoms with Crippen molar-refractivity contribution in [3.05, 3.63) is 28.8 Å². The highest BCUT2D eigenvalue weighted by Gasteiger charge is 2.27. The molecule has 0 aromatic heterocycles. The van der Waals surface area contributed by atoms with Crippen LogP contribution in [0.4, 0.5) is 18.9 Å². The molecule has 0 heterocycles. The van der Waals surface area contributed by atoms with Gasteiger partial charge in [-0.1, -0.05) is 17.7 Å². The van der Waals surface area contributed by atoms with E-state index in [4.69, 9.17) is 11.6 Å². The van der Waals surface area contributed by atoms with Crippen LogP contribution in [0.2, 0.25) is 5.02 Å². The lowest BCUT2D eigenvalue weighted by Gasteiger charge is -2.10. The Kier molecular flexibility index (Phi) is 4.84. The van der Waals surface area contributed by atoms with Gasteiger partial charge < -0.3 is 10.6 Å². The minimum Gasteiger partial charge on any atom is -0.376 e. The summed E-state index contributed by atoms with van der Waals surface area (Å²) in [6.45, 7) is 0.250. The smallest absolute Gasteiger partial charge is 0.376 e. The fraction of sp³-hybridized carbons (Fsp3) is 0.364. The van der Waals surface area contributed by atoms with E-state index in [-0.39, 0.29) is 6.54 Å². The average Bonchev–Trinajstić information content (AvgIpc) is 2.27. The number of amides is 1. The van der Waals surface area contributed by atoms with Gasteiger partial charge in [0, 0.05) is 10.7 Å². The Morgan fingerprint density at radius 2 is 2.06 bits per heavy atom. The van der Waals surface area contributed by atoms with Gasteiger partial charge in [0.05, 0.1) is 6.54 Å². The summed E-state index contributed by atoms with van der Waals surface area (Å²) in [7, 11) is 0. The molecule has 18 heavy (non-hydrogen) atoms. The summed E-state index contributed by atoms with van der Waals surface area (Å²) in [5, 5.41) is 4.97. The third-order valence-electron chi connectivity index (χ3n) is 2.11. The number of halogens is 4. The van der Waals surface area contributed by atoms with Gasteiger partial charge in [-0.3, -0.25) is 4.79 Å². The molecule has 0 bridgehead atoms. The van der Waals surface area contributed by atoms with Gasteiger partial charge in [-0.05, 0) is 24.6 Å². The minimum absolute atomic E-state index is 0.241. The summed E-state index contributed by atoms with van der Waals surface area (Å²) in [5.41, 5.74) is 1.46. The lowest BCUT2D eigenvalue weighted by molar-refractivity contribution is -0.137. The molecular formula is C11H12ClF3N2O. The van der Waals surface area contributed by atoms with Crippen molar-refractivity contribution in [2.45, 2.75) is 13.1 Å². The second kappa shape index (κ2) is 5.95. The van der Waals surface area contributed by atoms with Gasteiger partial charge in [-0.15, -0.1) is 0 Å². The summed E-state index contributed by atoms with van der Waals surface area (Å²) in [4.78, 5) is 11.1. The summed E-state index contributed by atoms with van der Waals surface area (Å²) in [6, 6.07) is 5.05. The van der Waals surface area contributed by atoms with E-state index < -0.39 is 18.6 Å². The van der Waals surface area contributed by atoms with Gasteiger partial charge in [0.1, 0.15) is 6.54 Å². The molecule has 0 saturated heterocycles. The lowest BCUT2D eigenvalue weighted by Crippen LogP contribution is -2.37. The molecule has 0 unspecified atom stereocenters. The molecule has 1 aromatic rings. The number of alkyl halides is 3. The van der Waals surface area contributed by atoms with Crippen LogP contribution in [0.25, 0.3) is 0 Å². The standard InChI is InChI=1S/C11H12ClF3N2O/c1-7-2-3-8(4-9(7)12)16-5-10(18)17-6-11(13,14)15/h2-4,16H,5-6H2,1H3,(H,17,18). The SMILES string of the molecule is Cc1ccc(NCC(=O)NCC(F)(F)F)cc1Cl. The molecule has 0 aliphatic carbocycles.